The molecular formula is C7H11BrOS. The van der Waals surface area contributed by atoms with Gasteiger partial charge in [0.05, 0.1) is 3.81 Å². The number of allylic oxidation sites excluding steroid dienone is 1. The maximum absolute atomic E-state index is 8.60. The zero-order valence-corrected chi connectivity index (χ0v) is 8.33. The molecule has 0 saturated carbocycles. The number of rotatable bonds is 4. The molecule has 1 nitrogen and oxygen atoms in total. The molecule has 10 heavy (non-hydrogen) atoms. The van der Waals surface area contributed by atoms with Gasteiger partial charge >= 0.3 is 0 Å². The van der Waals surface area contributed by atoms with Gasteiger partial charge in [-0.25, -0.2) is 0 Å². The highest BCUT2D eigenvalue weighted by Gasteiger charge is 1.96. The average Bonchev–Trinajstić information content (AvgIpc) is 1.99. The van der Waals surface area contributed by atoms with Gasteiger partial charge in [0, 0.05) is 6.61 Å². The standard InChI is InChI=1S/C7H11BrOS/c1-3-6(4-5-9)7(8)10-2/h3,9H,1,4-5H2,2H3/b7-6+. The van der Waals surface area contributed by atoms with Crippen molar-refractivity contribution in [2.75, 3.05) is 12.9 Å². The van der Waals surface area contributed by atoms with Crippen LogP contribution in [0.5, 0.6) is 0 Å². The Morgan fingerprint density at radius 3 is 2.70 bits per heavy atom. The van der Waals surface area contributed by atoms with Crippen molar-refractivity contribution < 1.29 is 5.11 Å². The average molecular weight is 223 g/mol. The fourth-order valence-electron chi connectivity index (χ4n) is 0.532. The van der Waals surface area contributed by atoms with Crippen LogP contribution in [-0.2, 0) is 0 Å². The predicted octanol–water partition coefficient (Wildman–Crippen LogP) is 2.52. The summed E-state index contributed by atoms with van der Waals surface area (Å²) in [6.07, 6.45) is 4.41. The van der Waals surface area contributed by atoms with Crippen molar-refractivity contribution in [2.45, 2.75) is 6.42 Å². The van der Waals surface area contributed by atoms with E-state index in [0.717, 1.165) is 9.39 Å². The van der Waals surface area contributed by atoms with E-state index in [4.69, 9.17) is 5.11 Å². The molecule has 0 atom stereocenters. The molecule has 1 N–H and O–H groups in total. The third kappa shape index (κ3) is 3.44. The smallest absolute Gasteiger partial charge is 0.0532 e. The molecule has 0 spiro atoms. The molecule has 0 heterocycles. The number of halogens is 1. The number of hydrogen-bond acceptors (Lipinski definition) is 2. The zero-order valence-electron chi connectivity index (χ0n) is 5.93. The highest BCUT2D eigenvalue weighted by molar-refractivity contribution is 9.14. The molecule has 0 rings (SSSR count). The lowest BCUT2D eigenvalue weighted by atomic mass is 10.2. The van der Waals surface area contributed by atoms with Crippen LogP contribution in [0.4, 0.5) is 0 Å². The Labute approximate surface area is 74.3 Å². The number of aliphatic hydroxyl groups excluding tert-OH is 1. The maximum atomic E-state index is 8.60. The van der Waals surface area contributed by atoms with E-state index < -0.39 is 0 Å². The van der Waals surface area contributed by atoms with Crippen LogP contribution >= 0.6 is 27.7 Å². The molecular weight excluding hydrogens is 212 g/mol. The van der Waals surface area contributed by atoms with E-state index in [2.05, 4.69) is 22.5 Å². The summed E-state index contributed by atoms with van der Waals surface area (Å²) in [6, 6.07) is 0. The summed E-state index contributed by atoms with van der Waals surface area (Å²) in [5.41, 5.74) is 1.06. The first kappa shape index (κ1) is 10.3. The van der Waals surface area contributed by atoms with Crippen molar-refractivity contribution in [3.05, 3.63) is 22.0 Å². The van der Waals surface area contributed by atoms with E-state index in [1.165, 1.54) is 0 Å². The topological polar surface area (TPSA) is 20.2 Å². The second-order valence-electron chi connectivity index (χ2n) is 1.68. The molecule has 0 aliphatic carbocycles. The quantitative estimate of drug-likeness (QED) is 0.739. The lowest BCUT2D eigenvalue weighted by Crippen LogP contribution is -1.85. The Balaban J connectivity index is 4.14. The normalized spacial score (nSPS) is 12.7. The Kier molecular flexibility index (Phi) is 6.17. The van der Waals surface area contributed by atoms with Crippen molar-refractivity contribution in [1.29, 1.82) is 0 Å². The van der Waals surface area contributed by atoms with E-state index in [9.17, 15) is 0 Å². The highest BCUT2D eigenvalue weighted by Crippen LogP contribution is 2.25. The van der Waals surface area contributed by atoms with E-state index >= 15 is 0 Å². The minimum atomic E-state index is 0.178. The summed E-state index contributed by atoms with van der Waals surface area (Å²) < 4.78 is 1.05. The van der Waals surface area contributed by atoms with Gasteiger partial charge < -0.3 is 5.11 Å². The lowest BCUT2D eigenvalue weighted by Gasteiger charge is -2.00. The molecule has 0 aromatic rings. The molecule has 0 fully saturated rings. The van der Waals surface area contributed by atoms with Crippen molar-refractivity contribution in [1.82, 2.24) is 0 Å². The first-order valence-corrected chi connectivity index (χ1v) is 4.94. The Hall–Kier alpha value is 0.270. The molecule has 0 amide bonds. The summed E-state index contributed by atoms with van der Waals surface area (Å²) in [7, 11) is 0. The third-order valence-corrected chi connectivity index (χ3v) is 3.16. The summed E-state index contributed by atoms with van der Waals surface area (Å²) in [5, 5.41) is 8.60. The number of aliphatic hydroxyl groups is 1. The molecule has 0 aliphatic heterocycles. The predicted molar refractivity (Wildman–Crippen MR) is 51.4 cm³/mol. The van der Waals surface area contributed by atoms with Gasteiger partial charge in [-0.15, -0.1) is 11.8 Å². The molecule has 3 heteroatoms. The van der Waals surface area contributed by atoms with Gasteiger partial charge in [0.25, 0.3) is 0 Å². The Bertz CT molecular complexity index is 143. The van der Waals surface area contributed by atoms with Crippen molar-refractivity contribution in [2.24, 2.45) is 0 Å². The fourth-order valence-corrected chi connectivity index (χ4v) is 1.34. The van der Waals surface area contributed by atoms with Crippen LogP contribution in [0.3, 0.4) is 0 Å². The largest absolute Gasteiger partial charge is 0.396 e. The minimum Gasteiger partial charge on any atom is -0.396 e. The van der Waals surface area contributed by atoms with E-state index in [0.29, 0.717) is 6.42 Å². The van der Waals surface area contributed by atoms with Crippen molar-refractivity contribution in [3.63, 3.8) is 0 Å². The van der Waals surface area contributed by atoms with Gasteiger partial charge in [-0.05, 0) is 34.2 Å². The highest BCUT2D eigenvalue weighted by atomic mass is 79.9. The third-order valence-electron chi connectivity index (χ3n) is 1.06. The summed E-state index contributed by atoms with van der Waals surface area (Å²) in [5.74, 6) is 0. The Morgan fingerprint density at radius 1 is 1.80 bits per heavy atom. The molecule has 0 bridgehead atoms. The van der Waals surface area contributed by atoms with Gasteiger partial charge in [-0.1, -0.05) is 12.7 Å². The van der Waals surface area contributed by atoms with Crippen LogP contribution in [0.15, 0.2) is 22.0 Å². The number of hydrogen-bond donors (Lipinski definition) is 1. The summed E-state index contributed by atoms with van der Waals surface area (Å²) in [4.78, 5) is 0. The van der Waals surface area contributed by atoms with Crippen LogP contribution in [0, 0.1) is 0 Å². The fraction of sp³-hybridized carbons (Fsp3) is 0.429. The Morgan fingerprint density at radius 2 is 2.40 bits per heavy atom. The van der Waals surface area contributed by atoms with Crippen LogP contribution in [0.1, 0.15) is 6.42 Å². The van der Waals surface area contributed by atoms with Crippen LogP contribution in [-0.4, -0.2) is 18.0 Å². The lowest BCUT2D eigenvalue weighted by molar-refractivity contribution is 0.300. The van der Waals surface area contributed by atoms with Gasteiger partial charge in [0.1, 0.15) is 0 Å². The van der Waals surface area contributed by atoms with Crippen LogP contribution in [0.2, 0.25) is 0 Å². The second-order valence-corrected chi connectivity index (χ2v) is 3.82. The molecule has 0 saturated heterocycles. The molecule has 0 aromatic carbocycles. The number of thioether (sulfide) groups is 1. The molecule has 0 radical (unpaired) electrons. The SMILES string of the molecule is C=C/C(CCO)=C(/Br)SC. The van der Waals surface area contributed by atoms with E-state index in [-0.39, 0.29) is 6.61 Å². The van der Waals surface area contributed by atoms with Crippen LogP contribution < -0.4 is 0 Å². The van der Waals surface area contributed by atoms with Gasteiger partial charge in [-0.3, -0.25) is 0 Å². The molecule has 58 valence electrons. The van der Waals surface area contributed by atoms with Gasteiger partial charge in [0.2, 0.25) is 0 Å². The first-order valence-electron chi connectivity index (χ1n) is 2.92. The van der Waals surface area contributed by atoms with E-state index in [1.807, 2.05) is 6.26 Å². The summed E-state index contributed by atoms with van der Waals surface area (Å²) in [6.45, 7) is 3.81. The minimum absolute atomic E-state index is 0.178. The summed E-state index contributed by atoms with van der Waals surface area (Å²) >= 11 is 4.98. The maximum Gasteiger partial charge on any atom is 0.0532 e. The van der Waals surface area contributed by atoms with Crippen molar-refractivity contribution in [3.8, 4) is 0 Å². The van der Waals surface area contributed by atoms with Gasteiger partial charge in [-0.2, -0.15) is 0 Å². The van der Waals surface area contributed by atoms with Gasteiger partial charge in [0.15, 0.2) is 0 Å². The molecule has 0 aliphatic rings. The molecule has 0 unspecified atom stereocenters. The van der Waals surface area contributed by atoms with E-state index in [1.54, 1.807) is 17.8 Å². The van der Waals surface area contributed by atoms with Crippen LogP contribution in [0.25, 0.3) is 0 Å². The second kappa shape index (κ2) is 6.01. The molecule has 0 aromatic heterocycles. The first-order chi connectivity index (χ1) is 4.76. The van der Waals surface area contributed by atoms with Crippen molar-refractivity contribution >= 4 is 27.7 Å². The zero-order chi connectivity index (χ0) is 7.98. The monoisotopic (exact) mass is 222 g/mol.